The summed E-state index contributed by atoms with van der Waals surface area (Å²) in [5.74, 6) is -1.46. The van der Waals surface area contributed by atoms with Gasteiger partial charge in [-0.25, -0.2) is 9.07 Å². The highest BCUT2D eigenvalue weighted by molar-refractivity contribution is 6.31. The number of hydrogen-bond donors (Lipinski definition) is 2. The van der Waals surface area contributed by atoms with Crippen molar-refractivity contribution in [3.8, 4) is 16.9 Å². The van der Waals surface area contributed by atoms with Gasteiger partial charge in [0.05, 0.1) is 23.9 Å². The fourth-order valence-corrected chi connectivity index (χ4v) is 3.90. The van der Waals surface area contributed by atoms with Gasteiger partial charge in [0.2, 0.25) is 11.8 Å². The smallest absolute Gasteiger partial charge is 0.364 e. The Kier molecular flexibility index (Phi) is 7.32. The minimum absolute atomic E-state index is 0.0609. The molecule has 2 aromatic carbocycles. The average Bonchev–Trinajstić information content (AvgIpc) is 3.43. The molecule has 0 aliphatic carbocycles. The summed E-state index contributed by atoms with van der Waals surface area (Å²) in [7, 11) is 0. The normalized spacial score (nSPS) is 16.6. The van der Waals surface area contributed by atoms with Crippen LogP contribution >= 0.6 is 11.6 Å². The van der Waals surface area contributed by atoms with E-state index >= 15 is 0 Å². The zero-order chi connectivity index (χ0) is 26.0. The van der Waals surface area contributed by atoms with E-state index in [4.69, 9.17) is 16.3 Å². The van der Waals surface area contributed by atoms with Gasteiger partial charge >= 0.3 is 6.18 Å². The van der Waals surface area contributed by atoms with Crippen LogP contribution in [0.3, 0.4) is 0 Å². The van der Waals surface area contributed by atoms with Crippen LogP contribution in [-0.4, -0.2) is 40.4 Å². The molecule has 4 rings (SSSR count). The molecule has 12 heteroatoms. The maximum Gasteiger partial charge on any atom is 0.414 e. The van der Waals surface area contributed by atoms with Crippen LogP contribution in [0.15, 0.2) is 48.5 Å². The minimum Gasteiger partial charge on any atom is -0.364 e. The summed E-state index contributed by atoms with van der Waals surface area (Å²) in [6.45, 7) is 0.785. The molecule has 1 fully saturated rings. The molecule has 0 bridgehead atoms. The molecule has 36 heavy (non-hydrogen) atoms. The molecule has 0 spiro atoms. The first kappa shape index (κ1) is 25.6. The first-order valence-corrected chi connectivity index (χ1v) is 11.3. The van der Waals surface area contributed by atoms with Crippen LogP contribution < -0.4 is 10.6 Å². The number of halogens is 5. The highest BCUT2D eigenvalue weighted by Gasteiger charge is 2.37. The van der Waals surface area contributed by atoms with Gasteiger partial charge in [-0.05, 0) is 55.0 Å². The molecule has 3 aromatic rings. The summed E-state index contributed by atoms with van der Waals surface area (Å²) in [6, 6.07) is 11.7. The quantitative estimate of drug-likeness (QED) is 0.432. The number of ether oxygens (including phenoxy) is 1. The van der Waals surface area contributed by atoms with Crippen molar-refractivity contribution < 1.29 is 31.9 Å². The number of alkyl halides is 3. The molecule has 1 saturated heterocycles. The van der Waals surface area contributed by atoms with Crippen LogP contribution in [0.25, 0.3) is 16.9 Å². The Labute approximate surface area is 208 Å². The van der Waals surface area contributed by atoms with Crippen molar-refractivity contribution in [1.29, 1.82) is 0 Å². The molecular weight excluding hydrogens is 504 g/mol. The molecule has 1 aromatic heterocycles. The number of nitrogens with one attached hydrogen (secondary N) is 2. The molecule has 2 amide bonds. The third-order valence-corrected chi connectivity index (χ3v) is 5.81. The number of hydrogen-bond acceptors (Lipinski definition) is 4. The van der Waals surface area contributed by atoms with E-state index in [1.807, 2.05) is 0 Å². The van der Waals surface area contributed by atoms with E-state index in [2.05, 4.69) is 15.7 Å². The number of benzene rings is 2. The molecule has 0 unspecified atom stereocenters. The number of carbonyl (C=O) groups excluding carboxylic acids is 2. The van der Waals surface area contributed by atoms with Crippen LogP contribution in [0, 0.1) is 11.7 Å². The molecule has 190 valence electrons. The Hall–Kier alpha value is -3.44. The maximum absolute atomic E-state index is 13.5. The Morgan fingerprint density at radius 3 is 2.61 bits per heavy atom. The molecule has 1 aliphatic rings. The van der Waals surface area contributed by atoms with Crippen molar-refractivity contribution in [2.45, 2.75) is 32.2 Å². The van der Waals surface area contributed by atoms with Crippen molar-refractivity contribution in [2.24, 2.45) is 5.92 Å². The van der Waals surface area contributed by atoms with Crippen LogP contribution in [0.5, 0.6) is 0 Å². The van der Waals surface area contributed by atoms with Gasteiger partial charge in [0.25, 0.3) is 0 Å². The van der Waals surface area contributed by atoms with Crippen LogP contribution in [-0.2, 0) is 20.9 Å². The third-order valence-electron chi connectivity index (χ3n) is 5.59. The van der Waals surface area contributed by atoms with Gasteiger partial charge in [0.15, 0.2) is 11.9 Å². The van der Waals surface area contributed by atoms with Gasteiger partial charge in [0, 0.05) is 29.6 Å². The molecule has 0 saturated carbocycles. The molecule has 2 heterocycles. The fraction of sp³-hybridized carbons (Fsp3) is 0.292. The predicted molar refractivity (Wildman–Crippen MR) is 124 cm³/mol. The lowest BCUT2D eigenvalue weighted by Gasteiger charge is -2.17. The van der Waals surface area contributed by atoms with Gasteiger partial charge in [-0.1, -0.05) is 11.6 Å². The Morgan fingerprint density at radius 1 is 1.25 bits per heavy atom. The molecule has 0 radical (unpaired) electrons. The van der Waals surface area contributed by atoms with Crippen molar-refractivity contribution in [3.05, 3.63) is 64.9 Å². The lowest BCUT2D eigenvalue weighted by Crippen LogP contribution is -2.28. The molecule has 2 N–H and O–H groups in total. The van der Waals surface area contributed by atoms with Crippen molar-refractivity contribution in [1.82, 2.24) is 15.1 Å². The maximum atomic E-state index is 13.5. The van der Waals surface area contributed by atoms with Gasteiger partial charge < -0.3 is 15.4 Å². The molecule has 7 nitrogen and oxygen atoms in total. The topological polar surface area (TPSA) is 85.2 Å². The minimum atomic E-state index is -4.50. The number of rotatable bonds is 7. The van der Waals surface area contributed by atoms with E-state index in [1.54, 1.807) is 18.2 Å². The second-order valence-corrected chi connectivity index (χ2v) is 8.78. The summed E-state index contributed by atoms with van der Waals surface area (Å²) in [5.41, 5.74) is 1.77. The Bertz CT molecular complexity index is 1280. The standard InChI is InChI=1S/C24H21ClF4N4O3/c1-13(24(27,28)29)36-12-14-6-15(8-17(25)7-14)20-10-21(31-23(35)16-9-22(34)30-11-16)32-33(20)19-4-2-18(26)3-5-19/h2-8,10,13,16H,9,11-12H2,1H3,(H,30,34)(H,31,32,35)/t13-,16+/m1/s1. The van der Waals surface area contributed by atoms with Crippen LogP contribution in [0.2, 0.25) is 5.02 Å². The van der Waals surface area contributed by atoms with Gasteiger partial charge in [-0.2, -0.15) is 13.2 Å². The van der Waals surface area contributed by atoms with Crippen molar-refractivity contribution in [2.75, 3.05) is 11.9 Å². The predicted octanol–water partition coefficient (Wildman–Crippen LogP) is 4.87. The summed E-state index contributed by atoms with van der Waals surface area (Å²) >= 11 is 6.25. The number of nitrogens with zero attached hydrogens (tertiary/aromatic N) is 2. The number of amides is 2. The van der Waals surface area contributed by atoms with Gasteiger partial charge in [-0.15, -0.1) is 5.10 Å². The average molecular weight is 525 g/mol. The summed E-state index contributed by atoms with van der Waals surface area (Å²) in [4.78, 5) is 24.1. The summed E-state index contributed by atoms with van der Waals surface area (Å²) in [6.07, 6.45) is -6.41. The summed E-state index contributed by atoms with van der Waals surface area (Å²) in [5, 5.41) is 9.94. The lowest BCUT2D eigenvalue weighted by atomic mass is 10.1. The van der Waals surface area contributed by atoms with E-state index in [0.717, 1.165) is 6.92 Å². The van der Waals surface area contributed by atoms with Crippen LogP contribution in [0.4, 0.5) is 23.4 Å². The van der Waals surface area contributed by atoms with Crippen LogP contribution in [0.1, 0.15) is 18.9 Å². The lowest BCUT2D eigenvalue weighted by molar-refractivity contribution is -0.217. The molecule has 1 aliphatic heterocycles. The van der Waals surface area contributed by atoms with Crippen molar-refractivity contribution in [3.63, 3.8) is 0 Å². The van der Waals surface area contributed by atoms with E-state index in [0.29, 0.717) is 22.5 Å². The summed E-state index contributed by atoms with van der Waals surface area (Å²) < 4.78 is 58.4. The van der Waals surface area contributed by atoms with Gasteiger partial charge in [-0.3, -0.25) is 9.59 Å². The largest absolute Gasteiger partial charge is 0.414 e. The highest BCUT2D eigenvalue weighted by atomic mass is 35.5. The Balaban J connectivity index is 1.67. The number of anilines is 1. The monoisotopic (exact) mass is 524 g/mol. The fourth-order valence-electron chi connectivity index (χ4n) is 3.64. The second-order valence-electron chi connectivity index (χ2n) is 8.34. The second kappa shape index (κ2) is 10.3. The zero-order valence-electron chi connectivity index (χ0n) is 18.9. The van der Waals surface area contributed by atoms with E-state index < -0.39 is 29.9 Å². The number of carbonyl (C=O) groups is 2. The van der Waals surface area contributed by atoms with Crippen molar-refractivity contribution >= 4 is 29.2 Å². The van der Waals surface area contributed by atoms with E-state index in [9.17, 15) is 27.2 Å². The molecular formula is C24H21ClF4N4O3. The third kappa shape index (κ3) is 6.03. The first-order chi connectivity index (χ1) is 17.0. The Morgan fingerprint density at radius 2 is 1.97 bits per heavy atom. The van der Waals surface area contributed by atoms with E-state index in [-0.39, 0.29) is 36.3 Å². The van der Waals surface area contributed by atoms with E-state index in [1.165, 1.54) is 35.0 Å². The number of aromatic nitrogens is 2. The molecule has 2 atom stereocenters. The SMILES string of the molecule is C[C@@H](OCc1cc(Cl)cc(-c2cc(NC(=O)[C@@H]3CNC(=O)C3)nn2-c2ccc(F)cc2)c1)C(F)(F)F. The van der Waals surface area contributed by atoms with Gasteiger partial charge in [0.1, 0.15) is 5.82 Å². The highest BCUT2D eigenvalue weighted by Crippen LogP contribution is 2.31. The first-order valence-electron chi connectivity index (χ1n) is 10.9. The zero-order valence-corrected chi connectivity index (χ0v) is 19.7.